The minimum absolute atomic E-state index is 0.139. The summed E-state index contributed by atoms with van der Waals surface area (Å²) in [6.07, 6.45) is 3.10. The molecule has 5 heterocycles. The number of rotatable bonds is 4. The Morgan fingerprint density at radius 1 is 1.00 bits per heavy atom. The fourth-order valence-electron chi connectivity index (χ4n) is 4.26. The largest absolute Gasteiger partial charge is 0.349 e. The monoisotopic (exact) mass is 464 g/mol. The third-order valence-electron chi connectivity index (χ3n) is 6.02. The Morgan fingerprint density at radius 2 is 1.72 bits per heavy atom. The van der Waals surface area contributed by atoms with Crippen molar-refractivity contribution in [3.05, 3.63) is 47.9 Å². The van der Waals surface area contributed by atoms with E-state index in [9.17, 15) is 17.6 Å². The first-order valence-electron chi connectivity index (χ1n) is 10.4. The Labute approximate surface area is 184 Å². The summed E-state index contributed by atoms with van der Waals surface area (Å²) in [7, 11) is 1.55. The lowest BCUT2D eigenvalue weighted by Gasteiger charge is -2.43. The van der Waals surface area contributed by atoms with Crippen molar-refractivity contribution in [2.45, 2.75) is 36.9 Å². The molecule has 3 aromatic heterocycles. The molecule has 2 atom stereocenters. The number of hydrogen-bond donors (Lipinski definition) is 0. The molecule has 5 rings (SSSR count). The lowest BCUT2D eigenvalue weighted by Crippen LogP contribution is -2.43. The van der Waals surface area contributed by atoms with Crippen LogP contribution in [0.2, 0.25) is 0 Å². The van der Waals surface area contributed by atoms with Crippen molar-refractivity contribution in [2.24, 2.45) is 0 Å². The summed E-state index contributed by atoms with van der Waals surface area (Å²) < 4.78 is 55.6. The van der Waals surface area contributed by atoms with E-state index in [1.165, 1.54) is 6.20 Å². The molecule has 2 aliphatic heterocycles. The Bertz CT molecular complexity index is 1140. The van der Waals surface area contributed by atoms with Gasteiger partial charge in [-0.1, -0.05) is 15.3 Å². The topological polar surface area (TPSA) is 58.0 Å². The molecule has 11 heteroatoms. The molecule has 0 amide bonds. The molecule has 0 radical (unpaired) electrons. The Balaban J connectivity index is 1.55. The number of aromatic nitrogens is 4. The lowest BCUT2D eigenvalue weighted by atomic mass is 9.93. The standard InChI is InChI=1S/C21H21F4N6P/c22-20(23)6-11-30(12-7-20)19-28-17-14(4-2-9-27-17)18(29-19)31-10-5-15(31)13-3-1-8-26-16(13)21(24,25)32/h1-4,8-9,15H,5-7,10-12,32H2. The Morgan fingerprint density at radius 3 is 2.41 bits per heavy atom. The number of fused-ring (bicyclic) bond motifs is 1. The van der Waals surface area contributed by atoms with Gasteiger partial charge in [-0.3, -0.25) is 4.98 Å². The maximum absolute atomic E-state index is 14.2. The number of anilines is 2. The summed E-state index contributed by atoms with van der Waals surface area (Å²) in [6, 6.07) is 6.56. The van der Waals surface area contributed by atoms with Crippen LogP contribution in [0.15, 0.2) is 36.7 Å². The van der Waals surface area contributed by atoms with Crippen molar-refractivity contribution < 1.29 is 17.6 Å². The number of hydrogen-bond acceptors (Lipinski definition) is 6. The molecule has 6 nitrogen and oxygen atoms in total. The Kier molecular flexibility index (Phi) is 5.15. The highest BCUT2D eigenvalue weighted by Crippen LogP contribution is 2.45. The molecule has 0 spiro atoms. The normalized spacial score (nSPS) is 21.0. The van der Waals surface area contributed by atoms with Crippen molar-refractivity contribution >= 4 is 32.0 Å². The highest BCUT2D eigenvalue weighted by Gasteiger charge is 2.40. The van der Waals surface area contributed by atoms with Crippen molar-refractivity contribution in [3.63, 3.8) is 0 Å². The van der Waals surface area contributed by atoms with Crippen molar-refractivity contribution in [1.82, 2.24) is 19.9 Å². The molecule has 32 heavy (non-hydrogen) atoms. The van der Waals surface area contributed by atoms with Crippen LogP contribution in [0, 0.1) is 0 Å². The van der Waals surface area contributed by atoms with Gasteiger partial charge in [0.25, 0.3) is 5.92 Å². The van der Waals surface area contributed by atoms with Gasteiger partial charge in [-0.2, -0.15) is 18.7 Å². The van der Waals surface area contributed by atoms with Crippen molar-refractivity contribution in [3.8, 4) is 0 Å². The van der Waals surface area contributed by atoms with Crippen LogP contribution in [0.3, 0.4) is 0 Å². The van der Waals surface area contributed by atoms with E-state index in [-0.39, 0.29) is 37.7 Å². The number of pyridine rings is 2. The molecule has 2 saturated heterocycles. The molecule has 0 N–H and O–H groups in total. The molecule has 0 aliphatic carbocycles. The van der Waals surface area contributed by atoms with Crippen LogP contribution in [0.4, 0.5) is 29.3 Å². The van der Waals surface area contributed by atoms with E-state index in [2.05, 4.69) is 15.0 Å². The molecule has 0 saturated carbocycles. The zero-order chi connectivity index (χ0) is 22.5. The zero-order valence-electron chi connectivity index (χ0n) is 17.1. The molecule has 168 valence electrons. The van der Waals surface area contributed by atoms with Gasteiger partial charge < -0.3 is 9.80 Å². The summed E-state index contributed by atoms with van der Waals surface area (Å²) in [5.41, 5.74) is -2.56. The average molecular weight is 464 g/mol. The molecule has 2 unspecified atom stereocenters. The summed E-state index contributed by atoms with van der Waals surface area (Å²) in [6.45, 7) is 0.889. The molecule has 0 bridgehead atoms. The molecular weight excluding hydrogens is 443 g/mol. The van der Waals surface area contributed by atoms with Gasteiger partial charge in [0.15, 0.2) is 5.65 Å². The van der Waals surface area contributed by atoms with Gasteiger partial charge in [0.05, 0.1) is 11.4 Å². The van der Waals surface area contributed by atoms with Gasteiger partial charge in [-0.05, 0) is 24.6 Å². The summed E-state index contributed by atoms with van der Waals surface area (Å²) in [5.74, 6) is -1.79. The quantitative estimate of drug-likeness (QED) is 0.418. The fraction of sp³-hybridized carbons (Fsp3) is 0.429. The van der Waals surface area contributed by atoms with Gasteiger partial charge in [0.2, 0.25) is 5.95 Å². The molecule has 2 fully saturated rings. The average Bonchev–Trinajstić information content (AvgIpc) is 2.72. The highest BCUT2D eigenvalue weighted by atomic mass is 31.0. The van der Waals surface area contributed by atoms with E-state index < -0.39 is 11.6 Å². The second-order valence-corrected chi connectivity index (χ2v) is 8.85. The summed E-state index contributed by atoms with van der Waals surface area (Å²) >= 11 is 0. The molecular formula is C21H21F4N6P. The smallest absolute Gasteiger partial charge is 0.300 e. The van der Waals surface area contributed by atoms with E-state index in [0.29, 0.717) is 41.3 Å². The van der Waals surface area contributed by atoms with Crippen LogP contribution >= 0.6 is 9.24 Å². The number of alkyl halides is 4. The zero-order valence-corrected chi connectivity index (χ0v) is 18.2. The van der Waals surface area contributed by atoms with E-state index in [0.717, 1.165) is 0 Å². The van der Waals surface area contributed by atoms with E-state index in [1.54, 1.807) is 38.5 Å². The highest BCUT2D eigenvalue weighted by molar-refractivity contribution is 7.17. The minimum atomic E-state index is -3.16. The van der Waals surface area contributed by atoms with Crippen LogP contribution < -0.4 is 9.80 Å². The lowest BCUT2D eigenvalue weighted by molar-refractivity contribution is -0.0222. The molecule has 2 aliphatic rings. The third kappa shape index (κ3) is 3.85. The Hall–Kier alpha value is -2.61. The second kappa shape index (κ2) is 7.76. The number of nitrogens with zero attached hydrogens (tertiary/aromatic N) is 6. The second-order valence-electron chi connectivity index (χ2n) is 8.13. The van der Waals surface area contributed by atoms with Gasteiger partial charge in [-0.15, -0.1) is 0 Å². The maximum atomic E-state index is 14.2. The SMILES string of the molecule is FC1(F)CCN(c2nc(N3CCC3c3cccnc3C(F)(F)P)c3cccnc3n2)CC1. The predicted octanol–water partition coefficient (Wildman–Crippen LogP) is 4.53. The van der Waals surface area contributed by atoms with Gasteiger partial charge in [0.1, 0.15) is 11.5 Å². The summed E-state index contributed by atoms with van der Waals surface area (Å²) in [4.78, 5) is 21.1. The maximum Gasteiger partial charge on any atom is 0.300 e. The van der Waals surface area contributed by atoms with Crippen LogP contribution in [0.25, 0.3) is 11.0 Å². The number of piperidine rings is 1. The van der Waals surface area contributed by atoms with Crippen LogP contribution in [-0.2, 0) is 5.66 Å². The van der Waals surface area contributed by atoms with Gasteiger partial charge >= 0.3 is 5.66 Å². The van der Waals surface area contributed by atoms with Gasteiger partial charge in [-0.25, -0.2) is 13.8 Å². The van der Waals surface area contributed by atoms with E-state index >= 15 is 0 Å². The van der Waals surface area contributed by atoms with Crippen molar-refractivity contribution in [2.75, 3.05) is 29.4 Å². The predicted molar refractivity (Wildman–Crippen MR) is 116 cm³/mol. The first-order chi connectivity index (χ1) is 15.2. The van der Waals surface area contributed by atoms with Gasteiger partial charge in [0, 0.05) is 50.4 Å². The third-order valence-corrected chi connectivity index (χ3v) is 6.30. The molecule has 0 aromatic carbocycles. The van der Waals surface area contributed by atoms with E-state index in [1.807, 2.05) is 11.0 Å². The van der Waals surface area contributed by atoms with E-state index in [4.69, 9.17) is 4.98 Å². The summed E-state index contributed by atoms with van der Waals surface area (Å²) in [5, 5.41) is 0.686. The first kappa shape index (κ1) is 21.2. The van der Waals surface area contributed by atoms with Crippen molar-refractivity contribution in [1.29, 1.82) is 0 Å². The minimum Gasteiger partial charge on any atom is -0.349 e. The van der Waals surface area contributed by atoms with Crippen LogP contribution in [-0.4, -0.2) is 45.5 Å². The van der Waals surface area contributed by atoms with Crippen LogP contribution in [0.1, 0.15) is 36.6 Å². The fourth-order valence-corrected chi connectivity index (χ4v) is 4.50. The van der Waals surface area contributed by atoms with Crippen LogP contribution in [0.5, 0.6) is 0 Å². The number of halogens is 4. The first-order valence-corrected chi connectivity index (χ1v) is 10.9. The molecule has 3 aromatic rings.